The number of aromatic nitrogens is 4. The Hall–Kier alpha value is -6.18. The smallest absolute Gasteiger partial charge is 0.146 e. The van der Waals surface area contributed by atoms with Crippen LogP contribution in [-0.4, -0.2) is 18.7 Å². The summed E-state index contributed by atoms with van der Waals surface area (Å²) in [4.78, 5) is 10.3. The number of para-hydroxylation sites is 4. The van der Waals surface area contributed by atoms with Crippen molar-refractivity contribution in [2.24, 2.45) is 0 Å². The van der Waals surface area contributed by atoms with Gasteiger partial charge >= 0.3 is 0 Å². The van der Waals surface area contributed by atoms with E-state index in [1.165, 1.54) is 59.1 Å². The van der Waals surface area contributed by atoms with Crippen LogP contribution in [0.1, 0.15) is 0 Å². The van der Waals surface area contributed by atoms with E-state index in [0.717, 1.165) is 27.6 Å². The van der Waals surface area contributed by atoms with Gasteiger partial charge in [0.25, 0.3) is 0 Å². The zero-order valence-corrected chi connectivity index (χ0v) is 30.9. The van der Waals surface area contributed by atoms with Gasteiger partial charge in [-0.1, -0.05) is 133 Å². The van der Waals surface area contributed by atoms with Crippen LogP contribution in [0.15, 0.2) is 194 Å². The molecular weight excluding hydrogens is 695 g/mol. The minimum Gasteiger partial charge on any atom is -0.310 e. The van der Waals surface area contributed by atoms with Crippen molar-refractivity contribution >= 4 is 103 Å². The molecule has 6 heteroatoms. The summed E-state index contributed by atoms with van der Waals surface area (Å²) in [6, 6.07) is 66.4. The molecule has 0 radical (unpaired) electrons. The van der Waals surface area contributed by atoms with Gasteiger partial charge < -0.3 is 4.34 Å². The van der Waals surface area contributed by atoms with Crippen LogP contribution in [0.25, 0.3) is 60.2 Å². The van der Waals surface area contributed by atoms with E-state index in [2.05, 4.69) is 196 Å². The maximum Gasteiger partial charge on any atom is 0.146 e. The molecule has 1 atom stereocenters. The van der Waals surface area contributed by atoms with Crippen molar-refractivity contribution in [2.45, 2.75) is 0 Å². The molecule has 0 fully saturated rings. The van der Waals surface area contributed by atoms with Gasteiger partial charge in [0.15, 0.2) is 0 Å². The quantitative estimate of drug-likeness (QED) is 0.126. The lowest BCUT2D eigenvalue weighted by molar-refractivity contribution is 1.32. The summed E-state index contributed by atoms with van der Waals surface area (Å²) in [6.45, 7) is 0. The van der Waals surface area contributed by atoms with Gasteiger partial charge in [-0.3, -0.25) is 9.38 Å². The zero-order valence-electron chi connectivity index (χ0n) is 29.2. The molecule has 4 aromatic heterocycles. The molecule has 7 aromatic carbocycles. The third-order valence-corrected chi connectivity index (χ3v) is 15.3. The molecule has 4 nitrogen and oxygen atoms in total. The highest BCUT2D eigenvalue weighted by molar-refractivity contribution is 7.79. The van der Waals surface area contributed by atoms with Crippen molar-refractivity contribution in [3.8, 4) is 0 Å². The van der Waals surface area contributed by atoms with Crippen LogP contribution in [0.3, 0.4) is 0 Å². The molecule has 4 heterocycles. The van der Waals surface area contributed by atoms with E-state index in [1.807, 2.05) is 12.4 Å². The van der Waals surface area contributed by atoms with Crippen LogP contribution in [0.2, 0.25) is 0 Å². The van der Waals surface area contributed by atoms with E-state index in [4.69, 9.17) is 4.98 Å². The fraction of sp³-hybridized carbons (Fsp3) is 0. The van der Waals surface area contributed by atoms with Crippen molar-refractivity contribution < 1.29 is 0 Å². The van der Waals surface area contributed by atoms with E-state index in [-0.39, 0.29) is 0 Å². The fourth-order valence-corrected chi connectivity index (χ4v) is 13.0. The van der Waals surface area contributed by atoms with Gasteiger partial charge in [-0.2, -0.15) is 0 Å². The number of pyridine rings is 2. The Balaban J connectivity index is 1.21. The second-order valence-electron chi connectivity index (χ2n) is 13.5. The number of imidazole rings is 1. The number of benzene rings is 7. The standard InChI is InChI=1S/C48H32N4P2/c1-3-15-33(16-4-1)53(34-17-5-2-6-18-34)35-28-29-40-41(31-35)39-22-7-10-23-42(39)51-45-26-13-27-46(47(45)50-48(40)51)54(36-19-14-30-49-32-36)52-43-24-11-8-20-37(43)38-21-9-12-25-44(38)52/h1-32H. The van der Waals surface area contributed by atoms with Crippen LogP contribution in [0, 0.1) is 0 Å². The molecule has 0 saturated heterocycles. The van der Waals surface area contributed by atoms with Crippen molar-refractivity contribution in [1.29, 1.82) is 0 Å². The third-order valence-electron chi connectivity index (χ3n) is 10.5. The normalized spacial score (nSPS) is 12.5. The molecular formula is C48H32N4P2. The first-order valence-corrected chi connectivity index (χ1v) is 20.8. The van der Waals surface area contributed by atoms with E-state index in [0.29, 0.717) is 0 Å². The molecule has 0 N–H and O–H groups in total. The lowest BCUT2D eigenvalue weighted by Crippen LogP contribution is -2.20. The predicted molar refractivity (Wildman–Crippen MR) is 232 cm³/mol. The van der Waals surface area contributed by atoms with E-state index in [9.17, 15) is 0 Å². The van der Waals surface area contributed by atoms with Gasteiger partial charge in [0.1, 0.15) is 5.65 Å². The van der Waals surface area contributed by atoms with Crippen LogP contribution in [0.4, 0.5) is 0 Å². The van der Waals surface area contributed by atoms with Crippen molar-refractivity contribution in [3.05, 3.63) is 194 Å². The molecule has 254 valence electrons. The van der Waals surface area contributed by atoms with Gasteiger partial charge in [0.05, 0.1) is 35.7 Å². The first kappa shape index (κ1) is 31.4. The molecule has 0 bridgehead atoms. The Labute approximate surface area is 314 Å². The van der Waals surface area contributed by atoms with Crippen molar-refractivity contribution in [2.75, 3.05) is 0 Å². The summed E-state index contributed by atoms with van der Waals surface area (Å²) < 4.78 is 4.93. The average Bonchev–Trinajstić information content (AvgIpc) is 3.80. The largest absolute Gasteiger partial charge is 0.310 e. The lowest BCUT2D eigenvalue weighted by Gasteiger charge is -2.22. The Morgan fingerprint density at radius 3 is 1.63 bits per heavy atom. The Bertz CT molecular complexity index is 3080. The minimum atomic E-state index is -1.12. The molecule has 0 spiro atoms. The van der Waals surface area contributed by atoms with Gasteiger partial charge in [-0.15, -0.1) is 0 Å². The summed E-state index contributed by atoms with van der Waals surface area (Å²) in [5, 5.41) is 12.5. The number of fused-ring (bicyclic) bond motifs is 11. The number of hydrogen-bond donors (Lipinski definition) is 0. The Morgan fingerprint density at radius 1 is 0.407 bits per heavy atom. The average molecular weight is 727 g/mol. The minimum absolute atomic E-state index is 0.761. The second-order valence-corrected chi connectivity index (χ2v) is 17.8. The lowest BCUT2D eigenvalue weighted by atomic mass is 10.1. The summed E-state index contributed by atoms with van der Waals surface area (Å²) in [6.07, 6.45) is 3.90. The van der Waals surface area contributed by atoms with E-state index in [1.54, 1.807) is 0 Å². The molecule has 0 saturated carbocycles. The molecule has 54 heavy (non-hydrogen) atoms. The first-order chi connectivity index (χ1) is 26.8. The molecule has 0 aliphatic carbocycles. The van der Waals surface area contributed by atoms with Gasteiger partial charge in [0, 0.05) is 44.5 Å². The number of nitrogens with zero attached hydrogens (tertiary/aromatic N) is 4. The van der Waals surface area contributed by atoms with E-state index < -0.39 is 16.0 Å². The monoisotopic (exact) mass is 726 g/mol. The van der Waals surface area contributed by atoms with Crippen molar-refractivity contribution in [3.63, 3.8) is 0 Å². The topological polar surface area (TPSA) is 35.1 Å². The maximum atomic E-state index is 5.65. The van der Waals surface area contributed by atoms with Gasteiger partial charge in [-0.25, -0.2) is 4.98 Å². The summed E-state index contributed by atoms with van der Waals surface area (Å²) in [5.74, 6) is 0. The molecule has 0 aliphatic heterocycles. The summed E-state index contributed by atoms with van der Waals surface area (Å²) in [5.41, 5.74) is 6.69. The highest BCUT2D eigenvalue weighted by Gasteiger charge is 2.27. The third kappa shape index (κ3) is 4.85. The predicted octanol–water partition coefficient (Wildman–Crippen LogP) is 9.95. The van der Waals surface area contributed by atoms with Crippen LogP contribution < -0.4 is 26.5 Å². The van der Waals surface area contributed by atoms with E-state index >= 15 is 0 Å². The van der Waals surface area contributed by atoms with Crippen molar-refractivity contribution in [1.82, 2.24) is 18.7 Å². The Kier molecular flexibility index (Phi) is 7.40. The second kappa shape index (κ2) is 12.7. The Morgan fingerprint density at radius 2 is 0.981 bits per heavy atom. The molecule has 0 amide bonds. The molecule has 11 rings (SSSR count). The first-order valence-electron chi connectivity index (χ1n) is 18.2. The maximum absolute atomic E-state index is 5.65. The van der Waals surface area contributed by atoms with Gasteiger partial charge in [-0.05, 0) is 77.8 Å². The SMILES string of the molecule is c1ccc(P(c2ccccc2)c2ccc3c(c2)c2ccccc2n2c4cccc(P(c5cccnc5)n5c6ccccc6c6ccccc65)c4nc32)cc1. The van der Waals surface area contributed by atoms with Crippen LogP contribution in [0.5, 0.6) is 0 Å². The highest BCUT2D eigenvalue weighted by atomic mass is 31.1. The fourth-order valence-electron chi connectivity index (χ4n) is 8.23. The molecule has 1 unspecified atom stereocenters. The summed E-state index contributed by atoms with van der Waals surface area (Å²) >= 11 is 0. The van der Waals surface area contributed by atoms with Crippen LogP contribution in [-0.2, 0) is 0 Å². The number of rotatable bonds is 6. The molecule has 11 aromatic rings. The van der Waals surface area contributed by atoms with Gasteiger partial charge in [0.2, 0.25) is 0 Å². The summed E-state index contributed by atoms with van der Waals surface area (Å²) in [7, 11) is -1.88. The molecule has 0 aliphatic rings. The highest BCUT2D eigenvalue weighted by Crippen LogP contribution is 2.46. The number of hydrogen-bond acceptors (Lipinski definition) is 2. The van der Waals surface area contributed by atoms with Crippen LogP contribution >= 0.6 is 16.0 Å². The zero-order chi connectivity index (χ0) is 35.6.